The lowest BCUT2D eigenvalue weighted by Gasteiger charge is -2.06. The van der Waals surface area contributed by atoms with Crippen LogP contribution in [0.4, 0.5) is 5.13 Å². The van der Waals surface area contributed by atoms with E-state index in [9.17, 15) is 0 Å². The second-order valence-electron chi connectivity index (χ2n) is 4.27. The van der Waals surface area contributed by atoms with Crippen molar-refractivity contribution in [1.82, 2.24) is 9.97 Å². The van der Waals surface area contributed by atoms with Crippen molar-refractivity contribution >= 4 is 27.8 Å². The highest BCUT2D eigenvalue weighted by Crippen LogP contribution is 2.36. The van der Waals surface area contributed by atoms with Crippen LogP contribution in [0.25, 0.3) is 10.6 Å². The zero-order valence-electron chi connectivity index (χ0n) is 11.1. The normalized spacial score (nSPS) is 11.3. The van der Waals surface area contributed by atoms with Crippen LogP contribution in [0.5, 0.6) is 0 Å². The second kappa shape index (κ2) is 5.80. The summed E-state index contributed by atoms with van der Waals surface area (Å²) >= 11 is 3.28. The molecule has 0 aliphatic carbocycles. The van der Waals surface area contributed by atoms with Gasteiger partial charge in [0.15, 0.2) is 5.13 Å². The van der Waals surface area contributed by atoms with Gasteiger partial charge in [-0.15, -0.1) is 22.7 Å². The average molecular weight is 281 g/mol. The number of hydrogen-bond donors (Lipinski definition) is 1. The lowest BCUT2D eigenvalue weighted by Crippen LogP contribution is -1.94. The molecule has 2 rings (SSSR count). The molecule has 3 nitrogen and oxygen atoms in total. The Balaban J connectivity index is 2.41. The number of aryl methyl sites for hydroxylation is 1. The molecule has 2 heterocycles. The van der Waals surface area contributed by atoms with Crippen molar-refractivity contribution in [3.05, 3.63) is 16.1 Å². The van der Waals surface area contributed by atoms with E-state index in [2.05, 4.69) is 25.8 Å². The van der Waals surface area contributed by atoms with E-state index in [4.69, 9.17) is 10.7 Å². The molecule has 0 aromatic carbocycles. The summed E-state index contributed by atoms with van der Waals surface area (Å²) in [5.41, 5.74) is 7.87. The van der Waals surface area contributed by atoms with Gasteiger partial charge in [0.25, 0.3) is 0 Å². The predicted molar refractivity (Wildman–Crippen MR) is 80.3 cm³/mol. The van der Waals surface area contributed by atoms with Gasteiger partial charge in [0.05, 0.1) is 21.3 Å². The third kappa shape index (κ3) is 2.57. The molecule has 0 fully saturated rings. The van der Waals surface area contributed by atoms with Crippen molar-refractivity contribution in [2.45, 2.75) is 46.0 Å². The summed E-state index contributed by atoms with van der Waals surface area (Å²) in [5.74, 6) is 0.574. The van der Waals surface area contributed by atoms with E-state index in [0.29, 0.717) is 11.0 Å². The van der Waals surface area contributed by atoms with Crippen LogP contribution in [0, 0.1) is 0 Å². The first kappa shape index (κ1) is 13.5. The Hall–Kier alpha value is -0.940. The molecule has 98 valence electrons. The number of nitrogen functional groups attached to an aromatic ring is 1. The monoisotopic (exact) mass is 281 g/mol. The van der Waals surface area contributed by atoms with Gasteiger partial charge < -0.3 is 5.73 Å². The lowest BCUT2D eigenvalue weighted by atomic mass is 10.1. The Bertz CT molecular complexity index is 512. The van der Waals surface area contributed by atoms with Crippen molar-refractivity contribution in [3.63, 3.8) is 0 Å². The van der Waals surface area contributed by atoms with E-state index in [1.165, 1.54) is 21.2 Å². The van der Waals surface area contributed by atoms with Crippen molar-refractivity contribution in [2.75, 3.05) is 5.73 Å². The molecule has 0 unspecified atom stereocenters. The number of thiazole rings is 2. The van der Waals surface area contributed by atoms with Crippen LogP contribution in [-0.4, -0.2) is 9.97 Å². The van der Waals surface area contributed by atoms with Crippen molar-refractivity contribution in [2.24, 2.45) is 0 Å². The molecule has 0 spiro atoms. The van der Waals surface area contributed by atoms with Gasteiger partial charge in [0, 0.05) is 11.3 Å². The number of anilines is 1. The highest BCUT2D eigenvalue weighted by Gasteiger charge is 2.18. The van der Waals surface area contributed by atoms with Gasteiger partial charge in [-0.2, -0.15) is 0 Å². The number of aromatic nitrogens is 2. The Morgan fingerprint density at radius 2 is 1.94 bits per heavy atom. The predicted octanol–water partition coefficient (Wildman–Crippen LogP) is 4.31. The van der Waals surface area contributed by atoms with Crippen LogP contribution >= 0.6 is 22.7 Å². The van der Waals surface area contributed by atoms with Crippen LogP contribution in [0.3, 0.4) is 0 Å². The Morgan fingerprint density at radius 1 is 1.22 bits per heavy atom. The Kier molecular flexibility index (Phi) is 4.35. The van der Waals surface area contributed by atoms with Crippen LogP contribution in [0.15, 0.2) is 5.38 Å². The quantitative estimate of drug-likeness (QED) is 0.888. The van der Waals surface area contributed by atoms with Gasteiger partial charge in [0.1, 0.15) is 0 Å². The summed E-state index contributed by atoms with van der Waals surface area (Å²) in [6.07, 6.45) is 3.24. The van der Waals surface area contributed by atoms with E-state index in [1.807, 2.05) is 5.38 Å². The molecule has 0 aliphatic heterocycles. The van der Waals surface area contributed by atoms with Gasteiger partial charge in [-0.05, 0) is 19.3 Å². The topological polar surface area (TPSA) is 51.8 Å². The number of nitrogens with zero attached hydrogens (tertiary/aromatic N) is 2. The molecule has 2 aromatic heterocycles. The molecule has 0 saturated heterocycles. The summed E-state index contributed by atoms with van der Waals surface area (Å²) in [6, 6.07) is 0. The highest BCUT2D eigenvalue weighted by atomic mass is 32.1. The second-order valence-corrected chi connectivity index (χ2v) is 6.19. The largest absolute Gasteiger partial charge is 0.375 e. The fraction of sp³-hybridized carbons (Fsp3) is 0.538. The molecule has 0 amide bonds. The fourth-order valence-corrected chi connectivity index (χ4v) is 4.02. The third-order valence-corrected chi connectivity index (χ3v) is 5.09. The van der Waals surface area contributed by atoms with E-state index < -0.39 is 0 Å². The maximum absolute atomic E-state index is 5.72. The maximum atomic E-state index is 5.72. The zero-order valence-corrected chi connectivity index (χ0v) is 12.7. The number of nitrogens with two attached hydrogens (primary N) is 1. The minimum Gasteiger partial charge on any atom is -0.375 e. The minimum absolute atomic E-state index is 0.574. The van der Waals surface area contributed by atoms with Gasteiger partial charge in [-0.3, -0.25) is 0 Å². The average Bonchev–Trinajstić information content (AvgIpc) is 2.97. The molecule has 2 N–H and O–H groups in total. The molecular weight excluding hydrogens is 262 g/mol. The SMILES string of the molecule is CCc1nc(C(CC)CC)sc1-c1csc(N)n1. The molecule has 0 bridgehead atoms. The lowest BCUT2D eigenvalue weighted by molar-refractivity contribution is 0.635. The van der Waals surface area contributed by atoms with E-state index in [1.54, 1.807) is 11.3 Å². The standard InChI is InChI=1S/C13H19N3S2/c1-4-8(5-2)12-15-9(6-3)11(18-12)10-7-17-13(14)16-10/h7-8H,4-6H2,1-3H3,(H2,14,16). The van der Waals surface area contributed by atoms with Gasteiger partial charge in [0.2, 0.25) is 0 Å². The molecular formula is C13H19N3S2. The minimum atomic E-state index is 0.574. The van der Waals surface area contributed by atoms with E-state index in [0.717, 1.165) is 30.7 Å². The summed E-state index contributed by atoms with van der Waals surface area (Å²) < 4.78 is 0. The Labute approximate surface area is 116 Å². The van der Waals surface area contributed by atoms with Crippen LogP contribution in [0.2, 0.25) is 0 Å². The van der Waals surface area contributed by atoms with E-state index >= 15 is 0 Å². The first-order valence-electron chi connectivity index (χ1n) is 6.40. The molecule has 0 radical (unpaired) electrons. The smallest absolute Gasteiger partial charge is 0.180 e. The molecule has 2 aromatic rings. The van der Waals surface area contributed by atoms with E-state index in [-0.39, 0.29) is 0 Å². The summed E-state index contributed by atoms with van der Waals surface area (Å²) in [4.78, 5) is 10.4. The van der Waals surface area contributed by atoms with Gasteiger partial charge >= 0.3 is 0 Å². The summed E-state index contributed by atoms with van der Waals surface area (Å²) in [5, 5.41) is 3.90. The van der Waals surface area contributed by atoms with Crippen LogP contribution < -0.4 is 5.73 Å². The summed E-state index contributed by atoms with van der Waals surface area (Å²) in [7, 11) is 0. The number of hydrogen-bond acceptors (Lipinski definition) is 5. The molecule has 18 heavy (non-hydrogen) atoms. The maximum Gasteiger partial charge on any atom is 0.180 e. The first-order valence-corrected chi connectivity index (χ1v) is 8.10. The third-order valence-electron chi connectivity index (χ3n) is 3.14. The fourth-order valence-electron chi connectivity index (χ4n) is 2.01. The van der Waals surface area contributed by atoms with Crippen molar-refractivity contribution in [3.8, 4) is 10.6 Å². The first-order chi connectivity index (χ1) is 8.69. The van der Waals surface area contributed by atoms with Crippen molar-refractivity contribution in [1.29, 1.82) is 0 Å². The van der Waals surface area contributed by atoms with Gasteiger partial charge in [-0.1, -0.05) is 20.8 Å². The zero-order chi connectivity index (χ0) is 13.1. The van der Waals surface area contributed by atoms with Crippen molar-refractivity contribution < 1.29 is 0 Å². The molecule has 0 saturated carbocycles. The van der Waals surface area contributed by atoms with Crippen LogP contribution in [-0.2, 0) is 6.42 Å². The molecule has 0 atom stereocenters. The molecule has 0 aliphatic rings. The number of rotatable bonds is 5. The van der Waals surface area contributed by atoms with Gasteiger partial charge in [-0.25, -0.2) is 9.97 Å². The summed E-state index contributed by atoms with van der Waals surface area (Å²) in [6.45, 7) is 6.59. The highest BCUT2D eigenvalue weighted by molar-refractivity contribution is 7.16. The van der Waals surface area contributed by atoms with Crippen LogP contribution in [0.1, 0.15) is 50.2 Å². The molecule has 5 heteroatoms. The Morgan fingerprint density at radius 3 is 2.44 bits per heavy atom.